The number of benzene rings is 1. The van der Waals surface area contributed by atoms with Crippen molar-refractivity contribution in [1.29, 1.82) is 0 Å². The first-order chi connectivity index (χ1) is 6.99. The van der Waals surface area contributed by atoms with Crippen LogP contribution in [0.2, 0.25) is 0 Å². The Morgan fingerprint density at radius 1 is 1.53 bits per heavy atom. The largest absolute Gasteiger partial charge is 0.495 e. The number of hydrogen-bond donors (Lipinski definition) is 1. The van der Waals surface area contributed by atoms with E-state index in [0.29, 0.717) is 6.42 Å². The molecule has 1 aromatic rings. The molecule has 0 unspecified atom stereocenters. The van der Waals surface area contributed by atoms with Crippen molar-refractivity contribution < 1.29 is 17.7 Å². The highest BCUT2D eigenvalue weighted by Crippen LogP contribution is 2.24. The van der Waals surface area contributed by atoms with Crippen LogP contribution in [0.1, 0.15) is 5.56 Å². The molecule has 0 amide bonds. The molecular weight excluding hydrogens is 216 g/mol. The van der Waals surface area contributed by atoms with Crippen LogP contribution in [-0.4, -0.2) is 20.1 Å². The fourth-order valence-corrected chi connectivity index (χ4v) is 1.86. The van der Waals surface area contributed by atoms with Crippen molar-refractivity contribution in [2.75, 3.05) is 7.11 Å². The maximum atomic E-state index is 10.9. The molecule has 1 N–H and O–H groups in total. The quantitative estimate of drug-likeness (QED) is 0.629. The minimum Gasteiger partial charge on any atom is -0.495 e. The van der Waals surface area contributed by atoms with Gasteiger partial charge in [0.2, 0.25) is 0 Å². The van der Waals surface area contributed by atoms with Crippen molar-refractivity contribution in [3.63, 3.8) is 0 Å². The molecule has 82 valence electrons. The highest BCUT2D eigenvalue weighted by atomic mass is 32.2. The van der Waals surface area contributed by atoms with E-state index in [4.69, 9.17) is 9.29 Å². The third-order valence-electron chi connectivity index (χ3n) is 1.89. The molecule has 0 radical (unpaired) electrons. The second kappa shape index (κ2) is 4.46. The molecule has 0 aliphatic heterocycles. The Bertz CT molecular complexity index is 462. The molecule has 0 aliphatic rings. The highest BCUT2D eigenvalue weighted by molar-refractivity contribution is 7.86. The average Bonchev–Trinajstić information content (AvgIpc) is 2.16. The van der Waals surface area contributed by atoms with E-state index >= 15 is 0 Å². The van der Waals surface area contributed by atoms with Crippen molar-refractivity contribution in [3.05, 3.63) is 36.4 Å². The van der Waals surface area contributed by atoms with Crippen molar-refractivity contribution in [1.82, 2.24) is 0 Å². The number of allylic oxidation sites excluding steroid dienone is 1. The zero-order valence-corrected chi connectivity index (χ0v) is 9.12. The summed E-state index contributed by atoms with van der Waals surface area (Å²) in [6.45, 7) is 3.57. The van der Waals surface area contributed by atoms with Gasteiger partial charge in [0.05, 0.1) is 7.11 Å². The Hall–Kier alpha value is -1.33. The molecule has 0 heterocycles. The molecule has 1 aromatic carbocycles. The van der Waals surface area contributed by atoms with Crippen LogP contribution in [0.15, 0.2) is 35.7 Å². The van der Waals surface area contributed by atoms with E-state index in [-0.39, 0.29) is 10.6 Å². The average molecular weight is 228 g/mol. The topological polar surface area (TPSA) is 63.6 Å². The Kier molecular flexibility index (Phi) is 3.49. The van der Waals surface area contributed by atoms with Gasteiger partial charge < -0.3 is 4.74 Å². The number of hydrogen-bond acceptors (Lipinski definition) is 3. The molecule has 0 aromatic heterocycles. The second-order valence-electron chi connectivity index (χ2n) is 2.95. The first-order valence-electron chi connectivity index (χ1n) is 4.24. The van der Waals surface area contributed by atoms with Gasteiger partial charge in [0.1, 0.15) is 10.6 Å². The normalized spacial score (nSPS) is 11.1. The first-order valence-corrected chi connectivity index (χ1v) is 5.68. The Morgan fingerprint density at radius 2 is 2.20 bits per heavy atom. The zero-order chi connectivity index (χ0) is 11.5. The van der Waals surface area contributed by atoms with E-state index in [1.54, 1.807) is 18.2 Å². The number of methoxy groups -OCH3 is 1. The van der Waals surface area contributed by atoms with E-state index in [0.717, 1.165) is 5.56 Å². The summed E-state index contributed by atoms with van der Waals surface area (Å²) in [5, 5.41) is 0. The molecule has 0 atom stereocenters. The van der Waals surface area contributed by atoms with Crippen LogP contribution >= 0.6 is 0 Å². The summed E-state index contributed by atoms with van der Waals surface area (Å²) in [4.78, 5) is -0.224. The minimum atomic E-state index is -4.23. The van der Waals surface area contributed by atoms with E-state index in [1.807, 2.05) is 0 Å². The summed E-state index contributed by atoms with van der Waals surface area (Å²) in [5.74, 6) is 0.136. The molecule has 0 aliphatic carbocycles. The molecule has 0 saturated carbocycles. The SMILES string of the molecule is C=CCc1ccc(S(=O)(=O)O)c(OC)c1. The summed E-state index contributed by atoms with van der Waals surface area (Å²) in [5.41, 5.74) is 0.870. The lowest BCUT2D eigenvalue weighted by Gasteiger charge is -2.07. The fraction of sp³-hybridized carbons (Fsp3) is 0.200. The van der Waals surface area contributed by atoms with Crippen LogP contribution < -0.4 is 4.74 Å². The lowest BCUT2D eigenvalue weighted by molar-refractivity contribution is 0.397. The summed E-state index contributed by atoms with van der Waals surface area (Å²) < 4.78 is 35.7. The molecule has 0 fully saturated rings. The molecule has 5 heteroatoms. The number of ether oxygens (including phenoxy) is 1. The fourth-order valence-electron chi connectivity index (χ4n) is 1.22. The van der Waals surface area contributed by atoms with E-state index in [2.05, 4.69) is 6.58 Å². The molecule has 15 heavy (non-hydrogen) atoms. The van der Waals surface area contributed by atoms with Gasteiger partial charge >= 0.3 is 0 Å². The van der Waals surface area contributed by atoms with Gasteiger partial charge in [0.15, 0.2) is 0 Å². The van der Waals surface area contributed by atoms with Crippen LogP contribution in [0, 0.1) is 0 Å². The number of rotatable bonds is 4. The van der Waals surface area contributed by atoms with E-state index < -0.39 is 10.1 Å². The van der Waals surface area contributed by atoms with Crippen LogP contribution in [0.25, 0.3) is 0 Å². The highest BCUT2D eigenvalue weighted by Gasteiger charge is 2.16. The molecule has 1 rings (SSSR count). The molecule has 0 saturated heterocycles. The van der Waals surface area contributed by atoms with Gasteiger partial charge in [-0.05, 0) is 24.1 Å². The minimum absolute atomic E-state index is 0.136. The Balaban J connectivity index is 3.27. The van der Waals surface area contributed by atoms with Crippen LogP contribution in [0.5, 0.6) is 5.75 Å². The third-order valence-corrected chi connectivity index (χ3v) is 2.78. The Morgan fingerprint density at radius 3 is 2.67 bits per heavy atom. The van der Waals surface area contributed by atoms with Crippen LogP contribution in [-0.2, 0) is 16.5 Å². The van der Waals surface area contributed by atoms with Gasteiger partial charge in [0.25, 0.3) is 10.1 Å². The van der Waals surface area contributed by atoms with E-state index in [9.17, 15) is 8.42 Å². The summed E-state index contributed by atoms with van der Waals surface area (Å²) in [6, 6.07) is 4.48. The lowest BCUT2D eigenvalue weighted by atomic mass is 10.1. The van der Waals surface area contributed by atoms with Gasteiger partial charge in [-0.1, -0.05) is 12.1 Å². The van der Waals surface area contributed by atoms with Gasteiger partial charge in [-0.2, -0.15) is 8.42 Å². The van der Waals surface area contributed by atoms with Gasteiger partial charge in [-0.15, -0.1) is 6.58 Å². The first kappa shape index (κ1) is 11.7. The molecule has 0 spiro atoms. The van der Waals surface area contributed by atoms with E-state index in [1.165, 1.54) is 13.2 Å². The lowest BCUT2D eigenvalue weighted by Crippen LogP contribution is -2.02. The van der Waals surface area contributed by atoms with Crippen molar-refractivity contribution >= 4 is 10.1 Å². The van der Waals surface area contributed by atoms with Crippen molar-refractivity contribution in [2.45, 2.75) is 11.3 Å². The third kappa shape index (κ3) is 2.81. The second-order valence-corrected chi connectivity index (χ2v) is 4.34. The van der Waals surface area contributed by atoms with Gasteiger partial charge in [0, 0.05) is 0 Å². The molecule has 0 bridgehead atoms. The standard InChI is InChI=1S/C10H12O4S/c1-3-4-8-5-6-10(15(11,12)13)9(7-8)14-2/h3,5-7H,1,4H2,2H3,(H,11,12,13). The predicted octanol–water partition coefficient (Wildman–Crippen LogP) is 1.67. The van der Waals surface area contributed by atoms with Crippen LogP contribution in [0.3, 0.4) is 0 Å². The van der Waals surface area contributed by atoms with Crippen LogP contribution in [0.4, 0.5) is 0 Å². The monoisotopic (exact) mass is 228 g/mol. The Labute approximate surface area is 88.9 Å². The summed E-state index contributed by atoms with van der Waals surface area (Å²) in [7, 11) is -2.88. The predicted molar refractivity (Wildman–Crippen MR) is 56.7 cm³/mol. The van der Waals surface area contributed by atoms with Gasteiger partial charge in [-0.25, -0.2) is 0 Å². The molecular formula is C10H12O4S. The maximum Gasteiger partial charge on any atom is 0.298 e. The summed E-state index contributed by atoms with van der Waals surface area (Å²) >= 11 is 0. The smallest absolute Gasteiger partial charge is 0.298 e. The molecule has 4 nitrogen and oxygen atoms in total. The maximum absolute atomic E-state index is 10.9. The zero-order valence-electron chi connectivity index (χ0n) is 8.30. The summed E-state index contributed by atoms with van der Waals surface area (Å²) in [6.07, 6.45) is 2.31. The van der Waals surface area contributed by atoms with Crippen molar-refractivity contribution in [3.8, 4) is 5.75 Å². The van der Waals surface area contributed by atoms with Crippen molar-refractivity contribution in [2.24, 2.45) is 0 Å². The van der Waals surface area contributed by atoms with Gasteiger partial charge in [-0.3, -0.25) is 4.55 Å².